The summed E-state index contributed by atoms with van der Waals surface area (Å²) in [6.07, 6.45) is 3.74. The molecule has 136 valence electrons. The van der Waals surface area contributed by atoms with E-state index in [0.717, 1.165) is 25.1 Å². The van der Waals surface area contributed by atoms with Crippen molar-refractivity contribution >= 4 is 5.91 Å². The number of hydrogen-bond donors (Lipinski definition) is 0. The highest BCUT2D eigenvalue weighted by Gasteiger charge is 2.55. The summed E-state index contributed by atoms with van der Waals surface area (Å²) in [5.41, 5.74) is 0.745. The first-order valence-corrected chi connectivity index (χ1v) is 9.21. The van der Waals surface area contributed by atoms with Gasteiger partial charge in [-0.2, -0.15) is 0 Å². The first kappa shape index (κ1) is 16.9. The Labute approximate surface area is 147 Å². The van der Waals surface area contributed by atoms with Crippen molar-refractivity contribution in [2.24, 2.45) is 11.8 Å². The molecule has 0 aromatic carbocycles. The Morgan fingerprint density at radius 1 is 1.40 bits per heavy atom. The number of rotatable bonds is 6. The standard InChI is InChI=1S/C19H25FN2O3/c20-16-9-14(10-16)18(23)22-12-19(13-22)15(5-8-25-19)4-7-24-11-17-3-1-2-6-21-17/h1-3,6,14-16H,4-5,7-13H2. The molecule has 1 atom stereocenters. The lowest BCUT2D eigenvalue weighted by atomic mass is 9.76. The molecule has 3 fully saturated rings. The number of pyridine rings is 1. The van der Waals surface area contributed by atoms with Crippen LogP contribution in [0.2, 0.25) is 0 Å². The second kappa shape index (κ2) is 7.00. The Balaban J connectivity index is 1.21. The molecule has 0 bridgehead atoms. The predicted octanol–water partition coefficient (Wildman–Crippen LogP) is 2.35. The van der Waals surface area contributed by atoms with E-state index < -0.39 is 6.17 Å². The molecule has 3 aliphatic rings. The fourth-order valence-corrected chi connectivity index (χ4v) is 4.19. The van der Waals surface area contributed by atoms with Gasteiger partial charge in [0, 0.05) is 25.3 Å². The number of alkyl halides is 1. The third-order valence-corrected chi connectivity index (χ3v) is 5.85. The Morgan fingerprint density at radius 3 is 2.96 bits per heavy atom. The summed E-state index contributed by atoms with van der Waals surface area (Å²) in [6, 6.07) is 5.81. The zero-order valence-corrected chi connectivity index (χ0v) is 14.4. The second-order valence-electron chi connectivity index (χ2n) is 7.52. The fraction of sp³-hybridized carbons (Fsp3) is 0.684. The molecule has 1 aromatic rings. The molecule has 2 saturated heterocycles. The monoisotopic (exact) mass is 348 g/mol. The minimum Gasteiger partial charge on any atom is -0.375 e. The van der Waals surface area contributed by atoms with Crippen molar-refractivity contribution in [2.45, 2.75) is 44.1 Å². The lowest BCUT2D eigenvalue weighted by Crippen LogP contribution is -2.67. The minimum absolute atomic E-state index is 0.103. The summed E-state index contributed by atoms with van der Waals surface area (Å²) in [5.74, 6) is 0.435. The smallest absolute Gasteiger partial charge is 0.226 e. The fourth-order valence-electron chi connectivity index (χ4n) is 4.19. The lowest BCUT2D eigenvalue weighted by molar-refractivity contribution is -0.173. The summed E-state index contributed by atoms with van der Waals surface area (Å²) in [5, 5.41) is 0. The molecule has 25 heavy (non-hydrogen) atoms. The SMILES string of the molecule is O=C(C1CC(F)C1)N1CC2(C1)OCCC2CCOCc1ccccn1. The topological polar surface area (TPSA) is 51.7 Å². The number of carbonyl (C=O) groups is 1. The van der Waals surface area contributed by atoms with Crippen LogP contribution >= 0.6 is 0 Å². The van der Waals surface area contributed by atoms with Gasteiger partial charge >= 0.3 is 0 Å². The Morgan fingerprint density at radius 2 is 2.24 bits per heavy atom. The average Bonchev–Trinajstić information content (AvgIpc) is 2.99. The van der Waals surface area contributed by atoms with E-state index in [1.54, 1.807) is 6.20 Å². The van der Waals surface area contributed by atoms with E-state index in [4.69, 9.17) is 9.47 Å². The number of likely N-dealkylation sites (tertiary alicyclic amines) is 1. The number of amides is 1. The van der Waals surface area contributed by atoms with Gasteiger partial charge in [0.15, 0.2) is 0 Å². The van der Waals surface area contributed by atoms with Crippen molar-refractivity contribution in [1.29, 1.82) is 0 Å². The highest BCUT2D eigenvalue weighted by molar-refractivity contribution is 5.81. The summed E-state index contributed by atoms with van der Waals surface area (Å²) in [7, 11) is 0. The molecule has 1 spiro atoms. The van der Waals surface area contributed by atoms with E-state index in [1.807, 2.05) is 23.1 Å². The summed E-state index contributed by atoms with van der Waals surface area (Å²) < 4.78 is 24.7. The van der Waals surface area contributed by atoms with E-state index in [0.29, 0.717) is 45.1 Å². The molecular formula is C19H25FN2O3. The lowest BCUT2D eigenvalue weighted by Gasteiger charge is -2.52. The molecular weight excluding hydrogens is 323 g/mol. The Bertz CT molecular complexity index is 600. The summed E-state index contributed by atoms with van der Waals surface area (Å²) >= 11 is 0. The second-order valence-corrected chi connectivity index (χ2v) is 7.52. The van der Waals surface area contributed by atoms with Crippen LogP contribution in [-0.2, 0) is 20.9 Å². The van der Waals surface area contributed by atoms with Gasteiger partial charge in [-0.15, -0.1) is 0 Å². The van der Waals surface area contributed by atoms with Crippen LogP contribution in [-0.4, -0.2) is 53.9 Å². The van der Waals surface area contributed by atoms with Gasteiger partial charge in [-0.25, -0.2) is 4.39 Å². The molecule has 1 aromatic heterocycles. The number of carbonyl (C=O) groups excluding carboxylic acids is 1. The minimum atomic E-state index is -0.782. The first-order valence-electron chi connectivity index (χ1n) is 9.21. The molecule has 1 unspecified atom stereocenters. The number of hydrogen-bond acceptors (Lipinski definition) is 4. The van der Waals surface area contributed by atoms with Crippen molar-refractivity contribution in [3.63, 3.8) is 0 Å². The van der Waals surface area contributed by atoms with Gasteiger partial charge in [0.05, 0.1) is 25.4 Å². The number of ether oxygens (including phenoxy) is 2. The molecule has 3 heterocycles. The normalized spacial score (nSPS) is 30.1. The van der Waals surface area contributed by atoms with Crippen molar-refractivity contribution < 1.29 is 18.7 Å². The molecule has 2 aliphatic heterocycles. The van der Waals surface area contributed by atoms with Crippen LogP contribution in [0.3, 0.4) is 0 Å². The van der Waals surface area contributed by atoms with Crippen LogP contribution in [0.25, 0.3) is 0 Å². The zero-order chi connectivity index (χ0) is 17.3. The first-order chi connectivity index (χ1) is 12.2. The Kier molecular flexibility index (Phi) is 4.73. The molecule has 4 rings (SSSR count). The van der Waals surface area contributed by atoms with Gasteiger partial charge in [0.25, 0.3) is 0 Å². The van der Waals surface area contributed by atoms with E-state index in [9.17, 15) is 9.18 Å². The quantitative estimate of drug-likeness (QED) is 0.741. The molecule has 1 saturated carbocycles. The van der Waals surface area contributed by atoms with Crippen LogP contribution in [0.15, 0.2) is 24.4 Å². The van der Waals surface area contributed by atoms with Crippen molar-refractivity contribution in [2.75, 3.05) is 26.3 Å². The zero-order valence-electron chi connectivity index (χ0n) is 14.4. The number of aromatic nitrogens is 1. The highest BCUT2D eigenvalue weighted by atomic mass is 19.1. The number of halogens is 1. The third-order valence-electron chi connectivity index (χ3n) is 5.85. The molecule has 6 heteroatoms. The van der Waals surface area contributed by atoms with E-state index >= 15 is 0 Å². The highest BCUT2D eigenvalue weighted by Crippen LogP contribution is 2.43. The van der Waals surface area contributed by atoms with Gasteiger partial charge in [-0.1, -0.05) is 6.07 Å². The summed E-state index contributed by atoms with van der Waals surface area (Å²) in [4.78, 5) is 18.4. The van der Waals surface area contributed by atoms with E-state index in [2.05, 4.69) is 4.98 Å². The molecule has 1 amide bonds. The maximum atomic E-state index is 13.0. The van der Waals surface area contributed by atoms with Crippen molar-refractivity contribution in [3.05, 3.63) is 30.1 Å². The van der Waals surface area contributed by atoms with Gasteiger partial charge in [-0.3, -0.25) is 9.78 Å². The Hall–Kier alpha value is -1.53. The van der Waals surface area contributed by atoms with E-state index in [1.165, 1.54) is 0 Å². The molecule has 0 radical (unpaired) electrons. The van der Waals surface area contributed by atoms with Crippen LogP contribution in [0.5, 0.6) is 0 Å². The van der Waals surface area contributed by atoms with Crippen LogP contribution in [0, 0.1) is 11.8 Å². The maximum absolute atomic E-state index is 13.0. The number of nitrogens with zero attached hydrogens (tertiary/aromatic N) is 2. The molecule has 5 nitrogen and oxygen atoms in total. The molecule has 1 aliphatic carbocycles. The largest absolute Gasteiger partial charge is 0.375 e. The average molecular weight is 348 g/mol. The van der Waals surface area contributed by atoms with Crippen molar-refractivity contribution in [1.82, 2.24) is 9.88 Å². The predicted molar refractivity (Wildman–Crippen MR) is 89.5 cm³/mol. The maximum Gasteiger partial charge on any atom is 0.226 e. The van der Waals surface area contributed by atoms with Gasteiger partial charge in [0.1, 0.15) is 11.8 Å². The van der Waals surface area contributed by atoms with Gasteiger partial charge in [0.2, 0.25) is 5.91 Å². The van der Waals surface area contributed by atoms with Crippen molar-refractivity contribution in [3.8, 4) is 0 Å². The van der Waals surface area contributed by atoms with Crippen LogP contribution in [0.4, 0.5) is 4.39 Å². The third kappa shape index (κ3) is 3.42. The van der Waals surface area contributed by atoms with E-state index in [-0.39, 0.29) is 17.4 Å². The molecule has 0 N–H and O–H groups in total. The summed E-state index contributed by atoms with van der Waals surface area (Å²) in [6.45, 7) is 3.27. The van der Waals surface area contributed by atoms with Gasteiger partial charge in [-0.05, 0) is 43.7 Å². The van der Waals surface area contributed by atoms with Gasteiger partial charge < -0.3 is 14.4 Å². The van der Waals surface area contributed by atoms with Crippen LogP contribution < -0.4 is 0 Å². The van der Waals surface area contributed by atoms with Crippen LogP contribution in [0.1, 0.15) is 31.4 Å².